The van der Waals surface area contributed by atoms with E-state index in [0.717, 1.165) is 12.0 Å². The third-order valence-electron chi connectivity index (χ3n) is 3.32. The molecule has 0 amide bonds. The Kier molecular flexibility index (Phi) is 5.80. The summed E-state index contributed by atoms with van der Waals surface area (Å²) >= 11 is 0. The Hall–Kier alpha value is -0.620. The summed E-state index contributed by atoms with van der Waals surface area (Å²) in [6.07, 6.45) is 0.852. The maximum absolute atomic E-state index is 12.5. The minimum atomic E-state index is -3.33. The molecule has 1 heterocycles. The molecule has 1 aromatic rings. The number of benzene rings is 1. The number of nitrogens with zero attached hydrogens (tertiary/aromatic N) is 1. The summed E-state index contributed by atoms with van der Waals surface area (Å²) in [6, 6.07) is 7.43. The summed E-state index contributed by atoms with van der Waals surface area (Å²) in [6.45, 7) is 5.88. The average molecular weight is 305 g/mol. The molecule has 6 heteroatoms. The van der Waals surface area contributed by atoms with Crippen LogP contribution in [-0.2, 0) is 10.0 Å². The van der Waals surface area contributed by atoms with Crippen molar-refractivity contribution >= 4 is 22.4 Å². The van der Waals surface area contributed by atoms with Crippen LogP contribution < -0.4 is 5.32 Å². The minimum absolute atomic E-state index is 0. The van der Waals surface area contributed by atoms with E-state index in [-0.39, 0.29) is 12.4 Å². The molecule has 0 unspecified atom stereocenters. The van der Waals surface area contributed by atoms with Crippen molar-refractivity contribution in [2.75, 3.05) is 19.6 Å². The van der Waals surface area contributed by atoms with Gasteiger partial charge >= 0.3 is 0 Å². The Balaban J connectivity index is 0.00000180. The molecule has 0 saturated carbocycles. The van der Waals surface area contributed by atoms with Crippen LogP contribution >= 0.6 is 12.4 Å². The summed E-state index contributed by atoms with van der Waals surface area (Å²) in [5, 5.41) is 3.30. The zero-order valence-corrected chi connectivity index (χ0v) is 12.9. The predicted octanol–water partition coefficient (Wildman–Crippen LogP) is 1.79. The molecule has 1 saturated heterocycles. The van der Waals surface area contributed by atoms with Gasteiger partial charge in [0.05, 0.1) is 4.90 Å². The Morgan fingerprint density at radius 1 is 1.21 bits per heavy atom. The van der Waals surface area contributed by atoms with E-state index >= 15 is 0 Å². The summed E-state index contributed by atoms with van der Waals surface area (Å²) in [4.78, 5) is 0.391. The number of halogens is 1. The van der Waals surface area contributed by atoms with Crippen molar-refractivity contribution < 1.29 is 8.42 Å². The molecule has 1 N–H and O–H groups in total. The topological polar surface area (TPSA) is 49.4 Å². The van der Waals surface area contributed by atoms with Crippen molar-refractivity contribution in [3.05, 3.63) is 29.8 Å². The summed E-state index contributed by atoms with van der Waals surface area (Å²) in [7, 11) is -3.33. The third kappa shape index (κ3) is 3.92. The standard InChI is InChI=1S/C13H20N2O2S.ClH/c1-11-3-5-13(6-4-11)18(16,17)15-9-7-12(2)14-8-10-15;/h3-6,12,14H,7-10H2,1-2H3;1H/t12-;/m1./s1. The largest absolute Gasteiger partial charge is 0.313 e. The zero-order valence-electron chi connectivity index (χ0n) is 11.3. The zero-order chi connectivity index (χ0) is 13.2. The molecule has 19 heavy (non-hydrogen) atoms. The van der Waals surface area contributed by atoms with Gasteiger partial charge in [-0.15, -0.1) is 12.4 Å². The molecule has 108 valence electrons. The van der Waals surface area contributed by atoms with Crippen molar-refractivity contribution in [3.8, 4) is 0 Å². The van der Waals surface area contributed by atoms with Gasteiger partial charge in [0.1, 0.15) is 0 Å². The average Bonchev–Trinajstić information content (AvgIpc) is 2.55. The Bertz CT molecular complexity index is 502. The van der Waals surface area contributed by atoms with E-state index in [4.69, 9.17) is 0 Å². The predicted molar refractivity (Wildman–Crippen MR) is 79.3 cm³/mol. The maximum Gasteiger partial charge on any atom is 0.243 e. The second kappa shape index (κ2) is 6.70. The van der Waals surface area contributed by atoms with Crippen molar-refractivity contribution in [2.45, 2.75) is 31.2 Å². The summed E-state index contributed by atoms with van der Waals surface area (Å²) in [5.74, 6) is 0. The highest BCUT2D eigenvalue weighted by Gasteiger charge is 2.26. The fourth-order valence-electron chi connectivity index (χ4n) is 2.09. The van der Waals surface area contributed by atoms with Gasteiger partial charge < -0.3 is 5.32 Å². The molecule has 4 nitrogen and oxygen atoms in total. The molecule has 0 bridgehead atoms. The second-order valence-corrected chi connectivity index (χ2v) is 6.80. The van der Waals surface area contributed by atoms with E-state index in [1.165, 1.54) is 0 Å². The Labute approximate surface area is 121 Å². The number of hydrogen-bond donors (Lipinski definition) is 1. The molecule has 1 atom stereocenters. The first-order valence-corrected chi connectivity index (χ1v) is 7.74. The molecule has 0 aromatic heterocycles. The molecule has 1 aromatic carbocycles. The van der Waals surface area contributed by atoms with E-state index < -0.39 is 10.0 Å². The lowest BCUT2D eigenvalue weighted by Crippen LogP contribution is -2.34. The second-order valence-electron chi connectivity index (χ2n) is 4.86. The Morgan fingerprint density at radius 3 is 2.47 bits per heavy atom. The van der Waals surface area contributed by atoms with Gasteiger partial charge in [0.15, 0.2) is 0 Å². The smallest absolute Gasteiger partial charge is 0.243 e. The van der Waals surface area contributed by atoms with Gasteiger partial charge in [-0.05, 0) is 32.4 Å². The van der Waals surface area contributed by atoms with Crippen LogP contribution in [0, 0.1) is 6.92 Å². The van der Waals surface area contributed by atoms with E-state index in [0.29, 0.717) is 30.6 Å². The van der Waals surface area contributed by atoms with Gasteiger partial charge in [-0.3, -0.25) is 0 Å². The number of sulfonamides is 1. The summed E-state index contributed by atoms with van der Waals surface area (Å²) < 4.78 is 26.5. The van der Waals surface area contributed by atoms with Crippen LogP contribution in [0.1, 0.15) is 18.9 Å². The third-order valence-corrected chi connectivity index (χ3v) is 5.24. The lowest BCUT2D eigenvalue weighted by atomic mass is 10.2. The SMILES string of the molecule is Cc1ccc(S(=O)(=O)N2CCN[C@H](C)CC2)cc1.Cl. The highest BCUT2D eigenvalue weighted by molar-refractivity contribution is 7.89. The van der Waals surface area contributed by atoms with Crippen LogP contribution in [0.3, 0.4) is 0 Å². The summed E-state index contributed by atoms with van der Waals surface area (Å²) in [5.41, 5.74) is 1.07. The monoisotopic (exact) mass is 304 g/mol. The molecular formula is C13H21ClN2O2S. The molecule has 2 rings (SSSR count). The molecule has 0 spiro atoms. The highest BCUT2D eigenvalue weighted by Crippen LogP contribution is 2.17. The van der Waals surface area contributed by atoms with Gasteiger partial charge in [-0.1, -0.05) is 17.7 Å². The molecular weight excluding hydrogens is 284 g/mol. The van der Waals surface area contributed by atoms with Gasteiger partial charge in [-0.2, -0.15) is 4.31 Å². The quantitative estimate of drug-likeness (QED) is 0.906. The van der Waals surface area contributed by atoms with E-state index in [1.54, 1.807) is 16.4 Å². The van der Waals surface area contributed by atoms with Gasteiger partial charge in [0.2, 0.25) is 10.0 Å². The van der Waals surface area contributed by atoms with Gasteiger partial charge in [0.25, 0.3) is 0 Å². The fraction of sp³-hybridized carbons (Fsp3) is 0.538. The van der Waals surface area contributed by atoms with E-state index in [1.807, 2.05) is 19.1 Å². The number of aryl methyl sites for hydroxylation is 1. The Morgan fingerprint density at radius 2 is 1.84 bits per heavy atom. The van der Waals surface area contributed by atoms with Crippen molar-refractivity contribution in [1.29, 1.82) is 0 Å². The van der Waals surface area contributed by atoms with Gasteiger partial charge in [-0.25, -0.2) is 8.42 Å². The van der Waals surface area contributed by atoms with E-state index in [2.05, 4.69) is 12.2 Å². The first kappa shape index (κ1) is 16.4. The van der Waals surface area contributed by atoms with Crippen LogP contribution in [0.5, 0.6) is 0 Å². The van der Waals surface area contributed by atoms with Crippen LogP contribution in [0.2, 0.25) is 0 Å². The molecule has 1 fully saturated rings. The molecule has 0 radical (unpaired) electrons. The normalized spacial score (nSPS) is 21.5. The fourth-order valence-corrected chi connectivity index (χ4v) is 3.54. The first-order valence-electron chi connectivity index (χ1n) is 6.30. The molecule has 0 aliphatic carbocycles. The van der Waals surface area contributed by atoms with Crippen LogP contribution in [0.4, 0.5) is 0 Å². The van der Waals surface area contributed by atoms with Crippen LogP contribution in [0.15, 0.2) is 29.2 Å². The van der Waals surface area contributed by atoms with Crippen LogP contribution in [-0.4, -0.2) is 38.4 Å². The lowest BCUT2D eigenvalue weighted by molar-refractivity contribution is 0.429. The lowest BCUT2D eigenvalue weighted by Gasteiger charge is -2.19. The number of rotatable bonds is 2. The van der Waals surface area contributed by atoms with Gasteiger partial charge in [0, 0.05) is 25.7 Å². The first-order chi connectivity index (χ1) is 8.50. The minimum Gasteiger partial charge on any atom is -0.313 e. The van der Waals surface area contributed by atoms with Crippen molar-refractivity contribution in [2.24, 2.45) is 0 Å². The molecule has 1 aliphatic heterocycles. The van der Waals surface area contributed by atoms with Crippen molar-refractivity contribution in [1.82, 2.24) is 9.62 Å². The van der Waals surface area contributed by atoms with Crippen molar-refractivity contribution in [3.63, 3.8) is 0 Å². The van der Waals surface area contributed by atoms with E-state index in [9.17, 15) is 8.42 Å². The maximum atomic E-state index is 12.5. The number of nitrogens with one attached hydrogen (secondary N) is 1. The highest BCUT2D eigenvalue weighted by atomic mass is 35.5. The number of hydrogen-bond acceptors (Lipinski definition) is 3. The molecule has 1 aliphatic rings. The van der Waals surface area contributed by atoms with Crippen LogP contribution in [0.25, 0.3) is 0 Å².